The van der Waals surface area contributed by atoms with E-state index in [9.17, 15) is 0 Å². The highest BCUT2D eigenvalue weighted by Gasteiger charge is 2.04. The van der Waals surface area contributed by atoms with Gasteiger partial charge in [0.15, 0.2) is 5.96 Å². The van der Waals surface area contributed by atoms with Gasteiger partial charge in [0.05, 0.1) is 31.6 Å². The molecule has 0 unspecified atom stereocenters. The van der Waals surface area contributed by atoms with Gasteiger partial charge in [0.1, 0.15) is 11.5 Å². The molecule has 3 rings (SSSR count). The minimum absolute atomic E-state index is 0. The Kier molecular flexibility index (Phi) is 9.99. The van der Waals surface area contributed by atoms with Crippen molar-refractivity contribution in [3.63, 3.8) is 0 Å². The molecular formula is C22H28IN5O2. The third kappa shape index (κ3) is 7.25. The van der Waals surface area contributed by atoms with Crippen LogP contribution in [0.2, 0.25) is 0 Å². The summed E-state index contributed by atoms with van der Waals surface area (Å²) in [7, 11) is 3.41. The Balaban J connectivity index is 0.00000320. The fourth-order valence-electron chi connectivity index (χ4n) is 2.72. The van der Waals surface area contributed by atoms with Gasteiger partial charge in [-0.2, -0.15) is 5.10 Å². The lowest BCUT2D eigenvalue weighted by molar-refractivity contribution is 0.311. The van der Waals surface area contributed by atoms with Crippen molar-refractivity contribution in [3.05, 3.63) is 72.6 Å². The van der Waals surface area contributed by atoms with Crippen LogP contribution < -0.4 is 20.1 Å². The number of rotatable bonds is 9. The first-order valence-corrected chi connectivity index (χ1v) is 9.60. The summed E-state index contributed by atoms with van der Waals surface area (Å²) in [5.41, 5.74) is 1.91. The monoisotopic (exact) mass is 521 g/mol. The average Bonchev–Trinajstić information content (AvgIpc) is 3.25. The fraction of sp³-hybridized carbons (Fsp3) is 0.273. The smallest absolute Gasteiger partial charge is 0.191 e. The number of nitrogens with one attached hydrogen (secondary N) is 2. The number of methoxy groups -OCH3 is 1. The number of benzene rings is 2. The molecule has 1 aromatic heterocycles. The summed E-state index contributed by atoms with van der Waals surface area (Å²) >= 11 is 0. The van der Waals surface area contributed by atoms with Gasteiger partial charge in [-0.25, -0.2) is 4.68 Å². The predicted molar refractivity (Wildman–Crippen MR) is 130 cm³/mol. The molecule has 0 spiro atoms. The number of para-hydroxylation sites is 1. The van der Waals surface area contributed by atoms with Crippen LogP contribution in [-0.4, -0.2) is 43.0 Å². The first kappa shape index (κ1) is 23.5. The van der Waals surface area contributed by atoms with Crippen LogP contribution in [0.4, 0.5) is 0 Å². The van der Waals surface area contributed by atoms with Gasteiger partial charge in [0, 0.05) is 19.8 Å². The number of halogens is 1. The second kappa shape index (κ2) is 12.7. The molecule has 160 valence electrons. The topological polar surface area (TPSA) is 72.7 Å². The Morgan fingerprint density at radius 2 is 1.77 bits per heavy atom. The van der Waals surface area contributed by atoms with E-state index in [1.54, 1.807) is 14.2 Å². The number of ether oxygens (including phenoxy) is 2. The standard InChI is InChI=1S/C22H27N5O2.HI/c1-23-22(24-14-6-16-29-21-7-4-3-5-8-21)25-17-18-13-15-27(26-18)19-9-11-20(28-2)12-10-19;/h3-5,7-13,15H,6,14,16-17H2,1-2H3,(H2,23,24,25);1H. The Bertz CT molecular complexity index is 897. The molecule has 0 amide bonds. The second-order valence-electron chi connectivity index (χ2n) is 6.32. The van der Waals surface area contributed by atoms with Crippen LogP contribution >= 0.6 is 24.0 Å². The van der Waals surface area contributed by atoms with Crippen molar-refractivity contribution in [1.82, 2.24) is 20.4 Å². The molecule has 0 fully saturated rings. The van der Waals surface area contributed by atoms with Crippen LogP contribution in [0, 0.1) is 0 Å². The summed E-state index contributed by atoms with van der Waals surface area (Å²) in [6, 6.07) is 19.6. The largest absolute Gasteiger partial charge is 0.497 e. The number of hydrogen-bond acceptors (Lipinski definition) is 4. The van der Waals surface area contributed by atoms with E-state index in [1.165, 1.54) is 0 Å². The lowest BCUT2D eigenvalue weighted by Crippen LogP contribution is -2.37. The van der Waals surface area contributed by atoms with Gasteiger partial charge >= 0.3 is 0 Å². The summed E-state index contributed by atoms with van der Waals surface area (Å²) in [5, 5.41) is 11.2. The zero-order chi connectivity index (χ0) is 20.3. The number of aromatic nitrogens is 2. The third-order valence-electron chi connectivity index (χ3n) is 4.27. The average molecular weight is 521 g/mol. The zero-order valence-electron chi connectivity index (χ0n) is 17.2. The first-order chi connectivity index (χ1) is 14.3. The molecular weight excluding hydrogens is 493 g/mol. The zero-order valence-corrected chi connectivity index (χ0v) is 19.6. The molecule has 3 aromatic rings. The fourth-order valence-corrected chi connectivity index (χ4v) is 2.72. The molecule has 0 radical (unpaired) electrons. The van der Waals surface area contributed by atoms with Crippen molar-refractivity contribution in [3.8, 4) is 17.2 Å². The van der Waals surface area contributed by atoms with Crippen molar-refractivity contribution >= 4 is 29.9 Å². The molecule has 0 saturated heterocycles. The van der Waals surface area contributed by atoms with Crippen LogP contribution in [-0.2, 0) is 6.54 Å². The van der Waals surface area contributed by atoms with Crippen molar-refractivity contribution in [2.24, 2.45) is 4.99 Å². The van der Waals surface area contributed by atoms with Crippen LogP contribution in [0.15, 0.2) is 71.9 Å². The van der Waals surface area contributed by atoms with Gasteiger partial charge in [-0.05, 0) is 48.9 Å². The van der Waals surface area contributed by atoms with E-state index >= 15 is 0 Å². The summed E-state index contributed by atoms with van der Waals surface area (Å²) in [5.74, 6) is 2.46. The van der Waals surface area contributed by atoms with Crippen molar-refractivity contribution in [1.29, 1.82) is 0 Å². The van der Waals surface area contributed by atoms with Gasteiger partial charge in [0.25, 0.3) is 0 Å². The SMILES string of the molecule is CN=C(NCCCOc1ccccc1)NCc1ccn(-c2ccc(OC)cc2)n1.I. The van der Waals surface area contributed by atoms with Gasteiger partial charge < -0.3 is 20.1 Å². The Morgan fingerprint density at radius 1 is 1.00 bits per heavy atom. The van der Waals surface area contributed by atoms with E-state index in [1.807, 2.05) is 71.5 Å². The number of hydrogen-bond donors (Lipinski definition) is 2. The normalized spacial score (nSPS) is 10.8. The van der Waals surface area contributed by atoms with Gasteiger partial charge in [-0.3, -0.25) is 4.99 Å². The number of aliphatic imine (C=N–C) groups is 1. The predicted octanol–water partition coefficient (Wildman–Crippen LogP) is 3.63. The van der Waals surface area contributed by atoms with E-state index in [2.05, 4.69) is 20.7 Å². The first-order valence-electron chi connectivity index (χ1n) is 9.60. The van der Waals surface area contributed by atoms with Gasteiger partial charge in [-0.15, -0.1) is 24.0 Å². The molecule has 0 aliphatic heterocycles. The maximum Gasteiger partial charge on any atom is 0.191 e. The number of guanidine groups is 1. The maximum absolute atomic E-state index is 5.69. The van der Waals surface area contributed by atoms with Crippen LogP contribution in [0.3, 0.4) is 0 Å². The molecule has 7 nitrogen and oxygen atoms in total. The molecule has 1 heterocycles. The van der Waals surface area contributed by atoms with E-state index in [4.69, 9.17) is 9.47 Å². The molecule has 0 saturated carbocycles. The molecule has 0 aliphatic carbocycles. The molecule has 30 heavy (non-hydrogen) atoms. The van der Waals surface area contributed by atoms with E-state index in [-0.39, 0.29) is 24.0 Å². The summed E-state index contributed by atoms with van der Waals surface area (Å²) < 4.78 is 12.7. The quantitative estimate of drug-likeness (QED) is 0.195. The third-order valence-corrected chi connectivity index (χ3v) is 4.27. The minimum Gasteiger partial charge on any atom is -0.497 e. The molecule has 0 atom stereocenters. The van der Waals surface area contributed by atoms with Crippen molar-refractivity contribution in [2.75, 3.05) is 27.3 Å². The molecule has 0 aliphatic rings. The van der Waals surface area contributed by atoms with Gasteiger partial charge in [0.2, 0.25) is 0 Å². The highest BCUT2D eigenvalue weighted by molar-refractivity contribution is 14.0. The molecule has 8 heteroatoms. The Morgan fingerprint density at radius 3 is 2.47 bits per heavy atom. The van der Waals surface area contributed by atoms with Crippen LogP contribution in [0.5, 0.6) is 11.5 Å². The van der Waals surface area contributed by atoms with Gasteiger partial charge in [-0.1, -0.05) is 18.2 Å². The minimum atomic E-state index is 0. The molecule has 0 bridgehead atoms. The maximum atomic E-state index is 5.69. The van der Waals surface area contributed by atoms with Crippen LogP contribution in [0.25, 0.3) is 5.69 Å². The van der Waals surface area contributed by atoms with Crippen molar-refractivity contribution < 1.29 is 9.47 Å². The Hall–Kier alpha value is -2.75. The molecule has 2 aromatic carbocycles. The van der Waals surface area contributed by atoms with E-state index < -0.39 is 0 Å². The summed E-state index contributed by atoms with van der Waals surface area (Å²) in [6.07, 6.45) is 2.82. The van der Waals surface area contributed by atoms with E-state index in [0.717, 1.165) is 41.8 Å². The highest BCUT2D eigenvalue weighted by atomic mass is 127. The van der Waals surface area contributed by atoms with E-state index in [0.29, 0.717) is 13.2 Å². The van der Waals surface area contributed by atoms with Crippen molar-refractivity contribution in [2.45, 2.75) is 13.0 Å². The second-order valence-corrected chi connectivity index (χ2v) is 6.32. The lowest BCUT2D eigenvalue weighted by Gasteiger charge is -2.11. The molecule has 2 N–H and O–H groups in total. The van der Waals surface area contributed by atoms with Crippen LogP contribution in [0.1, 0.15) is 12.1 Å². The summed E-state index contributed by atoms with van der Waals surface area (Å²) in [6.45, 7) is 2.01. The lowest BCUT2D eigenvalue weighted by atomic mass is 10.3. The highest BCUT2D eigenvalue weighted by Crippen LogP contribution is 2.14. The number of nitrogens with zero attached hydrogens (tertiary/aromatic N) is 3. The Labute approximate surface area is 194 Å². The summed E-state index contributed by atoms with van der Waals surface area (Å²) in [4.78, 5) is 4.25.